The summed E-state index contributed by atoms with van der Waals surface area (Å²) < 4.78 is 5.59. The summed E-state index contributed by atoms with van der Waals surface area (Å²) in [7, 11) is 0. The number of hydrogen-bond acceptors (Lipinski definition) is 4. The predicted molar refractivity (Wildman–Crippen MR) is 128 cm³/mol. The quantitative estimate of drug-likeness (QED) is 0.638. The topological polar surface area (TPSA) is 95.9 Å². The highest BCUT2D eigenvalue weighted by molar-refractivity contribution is 5.86. The lowest BCUT2D eigenvalue weighted by atomic mass is 9.91. The summed E-state index contributed by atoms with van der Waals surface area (Å²) in [5.41, 5.74) is 4.59. The Morgan fingerprint density at radius 2 is 1.65 bits per heavy atom. The van der Waals surface area contributed by atoms with E-state index in [9.17, 15) is 19.5 Å². The molecule has 2 aromatic carbocycles. The van der Waals surface area contributed by atoms with Gasteiger partial charge in [0.05, 0.1) is 5.92 Å². The van der Waals surface area contributed by atoms with Gasteiger partial charge in [-0.2, -0.15) is 0 Å². The number of carboxylic acid groups (broad SMARTS) is 1. The summed E-state index contributed by atoms with van der Waals surface area (Å²) in [4.78, 5) is 38.8. The van der Waals surface area contributed by atoms with Crippen LogP contribution in [-0.2, 0) is 14.3 Å². The number of carbonyl (C=O) groups excluding carboxylic acids is 2. The first kappa shape index (κ1) is 23.8. The number of amides is 2. The number of likely N-dealkylation sites (tertiary alicyclic amines) is 1. The number of piperidine rings is 1. The molecular formula is C27H32N2O5. The van der Waals surface area contributed by atoms with Gasteiger partial charge in [0.15, 0.2) is 0 Å². The van der Waals surface area contributed by atoms with Crippen molar-refractivity contribution in [3.63, 3.8) is 0 Å². The number of ether oxygens (including phenoxy) is 1. The summed E-state index contributed by atoms with van der Waals surface area (Å²) in [6, 6.07) is 15.5. The van der Waals surface area contributed by atoms with E-state index in [0.717, 1.165) is 35.1 Å². The molecule has 0 spiro atoms. The van der Waals surface area contributed by atoms with Crippen LogP contribution in [0.15, 0.2) is 48.5 Å². The largest absolute Gasteiger partial charge is 0.480 e. The molecule has 1 unspecified atom stereocenters. The minimum absolute atomic E-state index is 0.0367. The molecule has 1 fully saturated rings. The zero-order valence-electron chi connectivity index (χ0n) is 19.7. The van der Waals surface area contributed by atoms with E-state index in [2.05, 4.69) is 29.6 Å². The van der Waals surface area contributed by atoms with E-state index in [-0.39, 0.29) is 30.9 Å². The van der Waals surface area contributed by atoms with E-state index in [1.54, 1.807) is 0 Å². The summed E-state index contributed by atoms with van der Waals surface area (Å²) >= 11 is 0. The van der Waals surface area contributed by atoms with Crippen LogP contribution in [0.5, 0.6) is 0 Å². The molecule has 1 aliphatic carbocycles. The highest BCUT2D eigenvalue weighted by atomic mass is 16.5. The molecule has 34 heavy (non-hydrogen) atoms. The van der Waals surface area contributed by atoms with Gasteiger partial charge in [-0.05, 0) is 47.4 Å². The van der Waals surface area contributed by atoms with Crippen molar-refractivity contribution >= 4 is 18.0 Å². The molecule has 7 heteroatoms. The van der Waals surface area contributed by atoms with Crippen molar-refractivity contribution in [2.75, 3.05) is 19.7 Å². The molecule has 2 atom stereocenters. The first-order valence-corrected chi connectivity index (χ1v) is 12.0. The molecule has 2 aliphatic rings. The minimum atomic E-state index is -0.972. The second-order valence-corrected chi connectivity index (χ2v) is 9.44. The second kappa shape index (κ2) is 10.3. The predicted octanol–water partition coefficient (Wildman–Crippen LogP) is 4.26. The van der Waals surface area contributed by atoms with E-state index in [1.165, 1.54) is 4.90 Å². The van der Waals surface area contributed by atoms with Crippen molar-refractivity contribution in [1.82, 2.24) is 10.2 Å². The van der Waals surface area contributed by atoms with E-state index in [1.807, 2.05) is 38.1 Å². The van der Waals surface area contributed by atoms with Gasteiger partial charge in [-0.15, -0.1) is 0 Å². The van der Waals surface area contributed by atoms with Crippen LogP contribution in [-0.4, -0.2) is 53.7 Å². The molecule has 0 saturated carbocycles. The number of alkyl carbamates (subject to hydrolysis) is 1. The molecule has 4 rings (SSSR count). The molecule has 2 N–H and O–H groups in total. The van der Waals surface area contributed by atoms with E-state index in [4.69, 9.17) is 4.74 Å². The average molecular weight is 465 g/mol. The zero-order chi connectivity index (χ0) is 24.2. The van der Waals surface area contributed by atoms with Gasteiger partial charge in [-0.3, -0.25) is 4.79 Å². The number of carboxylic acids is 1. The maximum absolute atomic E-state index is 13.2. The maximum atomic E-state index is 13.2. The van der Waals surface area contributed by atoms with E-state index in [0.29, 0.717) is 13.0 Å². The van der Waals surface area contributed by atoms with Crippen molar-refractivity contribution in [3.8, 4) is 11.1 Å². The average Bonchev–Trinajstić information content (AvgIpc) is 3.16. The van der Waals surface area contributed by atoms with Gasteiger partial charge in [0.2, 0.25) is 5.91 Å². The van der Waals surface area contributed by atoms with Crippen LogP contribution in [0, 0.1) is 11.8 Å². The van der Waals surface area contributed by atoms with Crippen LogP contribution in [0.3, 0.4) is 0 Å². The van der Waals surface area contributed by atoms with Crippen molar-refractivity contribution in [2.24, 2.45) is 11.8 Å². The molecule has 1 aliphatic heterocycles. The van der Waals surface area contributed by atoms with Gasteiger partial charge < -0.3 is 20.1 Å². The Hall–Kier alpha value is -3.35. The van der Waals surface area contributed by atoms with Crippen molar-refractivity contribution in [2.45, 2.75) is 45.1 Å². The fourth-order valence-corrected chi connectivity index (χ4v) is 5.12. The fraction of sp³-hybridized carbons (Fsp3) is 0.444. The zero-order valence-corrected chi connectivity index (χ0v) is 19.7. The number of benzene rings is 2. The Balaban J connectivity index is 1.37. The van der Waals surface area contributed by atoms with Gasteiger partial charge in [0.1, 0.15) is 12.6 Å². The van der Waals surface area contributed by atoms with Crippen LogP contribution in [0.1, 0.15) is 50.2 Å². The fourth-order valence-electron chi connectivity index (χ4n) is 5.12. The molecule has 180 valence electrons. The Morgan fingerprint density at radius 1 is 1.03 bits per heavy atom. The van der Waals surface area contributed by atoms with Crippen LogP contribution < -0.4 is 5.32 Å². The first-order valence-electron chi connectivity index (χ1n) is 12.0. The number of rotatable bonds is 7. The van der Waals surface area contributed by atoms with Crippen LogP contribution in [0.25, 0.3) is 11.1 Å². The molecule has 7 nitrogen and oxygen atoms in total. The summed E-state index contributed by atoms with van der Waals surface area (Å²) in [5, 5.41) is 12.3. The molecule has 0 aromatic heterocycles. The van der Waals surface area contributed by atoms with Gasteiger partial charge >= 0.3 is 12.1 Å². The van der Waals surface area contributed by atoms with Crippen molar-refractivity contribution < 1.29 is 24.2 Å². The van der Waals surface area contributed by atoms with E-state index >= 15 is 0 Å². The molecular weight excluding hydrogens is 432 g/mol. The summed E-state index contributed by atoms with van der Waals surface area (Å²) in [5.74, 6) is -1.80. The normalized spacial score (nSPS) is 18.2. The van der Waals surface area contributed by atoms with Crippen LogP contribution in [0.2, 0.25) is 0 Å². The number of carbonyl (C=O) groups is 3. The highest BCUT2D eigenvalue weighted by Gasteiger charge is 2.36. The lowest BCUT2D eigenvalue weighted by Crippen LogP contribution is -2.52. The number of nitrogens with zero attached hydrogens (tertiary/aromatic N) is 1. The van der Waals surface area contributed by atoms with Crippen molar-refractivity contribution in [1.29, 1.82) is 0 Å². The standard InChI is InChI=1S/C27H32N2O5/c1-17(2)22(25(30)29-14-8-7-13-24(29)26(31)32)15-28-27(33)34-16-23-20-11-5-3-9-18(20)19-10-4-6-12-21(19)23/h3-6,9-12,17,22-24H,7-8,13-16H2,1-2H3,(H,28,33)(H,31,32)/t22?,24-/m0/s1. The number of hydrogen-bond donors (Lipinski definition) is 2. The second-order valence-electron chi connectivity index (χ2n) is 9.44. The minimum Gasteiger partial charge on any atom is -0.480 e. The molecule has 2 amide bonds. The third kappa shape index (κ3) is 4.79. The number of nitrogens with one attached hydrogen (secondary N) is 1. The highest BCUT2D eigenvalue weighted by Crippen LogP contribution is 2.44. The first-order chi connectivity index (χ1) is 16.4. The molecule has 0 bridgehead atoms. The summed E-state index contributed by atoms with van der Waals surface area (Å²) in [6.45, 7) is 4.55. The third-order valence-electron chi connectivity index (χ3n) is 7.00. The molecule has 1 heterocycles. The molecule has 0 radical (unpaired) electrons. The number of fused-ring (bicyclic) bond motifs is 3. The van der Waals surface area contributed by atoms with Gasteiger partial charge in [0.25, 0.3) is 0 Å². The van der Waals surface area contributed by atoms with Crippen LogP contribution in [0.4, 0.5) is 4.79 Å². The Kier molecular flexibility index (Phi) is 7.20. The summed E-state index contributed by atoms with van der Waals surface area (Å²) in [6.07, 6.45) is 1.48. The molecule has 2 aromatic rings. The smallest absolute Gasteiger partial charge is 0.407 e. The Morgan fingerprint density at radius 3 is 2.24 bits per heavy atom. The number of aliphatic carboxylic acids is 1. The monoisotopic (exact) mass is 464 g/mol. The third-order valence-corrected chi connectivity index (χ3v) is 7.00. The van der Waals surface area contributed by atoms with Gasteiger partial charge in [-0.1, -0.05) is 62.4 Å². The maximum Gasteiger partial charge on any atom is 0.407 e. The lowest BCUT2D eigenvalue weighted by molar-refractivity contribution is -0.154. The lowest BCUT2D eigenvalue weighted by Gasteiger charge is -2.36. The van der Waals surface area contributed by atoms with Crippen LogP contribution >= 0.6 is 0 Å². The van der Waals surface area contributed by atoms with Gasteiger partial charge in [0, 0.05) is 19.0 Å². The van der Waals surface area contributed by atoms with Gasteiger partial charge in [-0.25, -0.2) is 9.59 Å². The van der Waals surface area contributed by atoms with Crippen molar-refractivity contribution in [3.05, 3.63) is 59.7 Å². The molecule has 1 saturated heterocycles. The SMILES string of the molecule is CC(C)C(CNC(=O)OCC1c2ccccc2-c2ccccc21)C(=O)N1CCCC[C@H]1C(=O)O. The van der Waals surface area contributed by atoms with E-state index < -0.39 is 24.0 Å². The Labute approximate surface area is 200 Å². The Bertz CT molecular complexity index is 1020.